The molecule has 342 valence electrons. The lowest BCUT2D eigenvalue weighted by molar-refractivity contribution is -0.150. The second kappa shape index (κ2) is 29.5. The van der Waals surface area contributed by atoms with E-state index in [4.69, 9.17) is 33.2 Å². The van der Waals surface area contributed by atoms with Gasteiger partial charge in [-0.1, -0.05) is 137 Å². The van der Waals surface area contributed by atoms with Crippen LogP contribution >= 0.6 is 15.9 Å². The van der Waals surface area contributed by atoms with Crippen LogP contribution in [0.2, 0.25) is 0 Å². The van der Waals surface area contributed by atoms with Crippen LogP contribution in [0.15, 0.2) is 121 Å². The second-order valence-corrected chi connectivity index (χ2v) is 17.6. The van der Waals surface area contributed by atoms with Gasteiger partial charge in [-0.3, -0.25) is 9.69 Å². The lowest BCUT2D eigenvalue weighted by Gasteiger charge is -2.27. The summed E-state index contributed by atoms with van der Waals surface area (Å²) in [5.74, 6) is -0.367. The Labute approximate surface area is 381 Å². The van der Waals surface area contributed by atoms with Gasteiger partial charge in [0.15, 0.2) is 12.2 Å². The molecule has 0 spiro atoms. The van der Waals surface area contributed by atoms with Crippen LogP contribution in [0.3, 0.4) is 0 Å². The SMILES string of the molecule is CC(CN(CCCNC(=O)OC(COCc1ccccc1)COCc1ccccc1)CCCNC(=O)OC(COCc1ccccc1)COCc1ccccc1)OC(=O)C(C)(C)Br. The van der Waals surface area contributed by atoms with E-state index in [0.29, 0.717) is 72.0 Å². The predicted octanol–water partition coefficient (Wildman–Crippen LogP) is 8.23. The molecule has 4 aromatic rings. The van der Waals surface area contributed by atoms with Crippen LogP contribution in [0.4, 0.5) is 9.59 Å². The third-order valence-corrected chi connectivity index (χ3v) is 9.68. The van der Waals surface area contributed by atoms with Gasteiger partial charge in [0, 0.05) is 19.6 Å². The lowest BCUT2D eigenvalue weighted by atomic mass is 10.2. The van der Waals surface area contributed by atoms with Crippen molar-refractivity contribution >= 4 is 34.1 Å². The number of carbonyl (C=O) groups is 3. The topological polar surface area (TPSA) is 143 Å². The van der Waals surface area contributed by atoms with Crippen molar-refractivity contribution in [3.05, 3.63) is 144 Å². The van der Waals surface area contributed by atoms with Crippen molar-refractivity contribution in [1.29, 1.82) is 0 Å². The Kier molecular flexibility index (Phi) is 23.8. The molecule has 1 unspecified atom stereocenters. The Bertz CT molecular complexity index is 1630. The van der Waals surface area contributed by atoms with Crippen LogP contribution in [0.5, 0.6) is 0 Å². The molecular weight excluding hydrogens is 870 g/mol. The van der Waals surface area contributed by atoms with E-state index in [1.807, 2.05) is 128 Å². The summed E-state index contributed by atoms with van der Waals surface area (Å²) in [6.07, 6.45) is -1.63. The monoisotopic (exact) mass is 933 g/mol. The predicted molar refractivity (Wildman–Crippen MR) is 245 cm³/mol. The number of nitrogens with one attached hydrogen (secondary N) is 2. The van der Waals surface area contributed by atoms with Gasteiger partial charge in [0.05, 0.1) is 52.9 Å². The van der Waals surface area contributed by atoms with E-state index < -0.39 is 34.8 Å². The number of esters is 1. The summed E-state index contributed by atoms with van der Waals surface area (Å²) in [6.45, 7) is 9.77. The number of alkyl halides is 1. The van der Waals surface area contributed by atoms with E-state index in [1.165, 1.54) is 0 Å². The number of amides is 2. The summed E-state index contributed by atoms with van der Waals surface area (Å²) in [5.41, 5.74) is 4.06. The molecule has 63 heavy (non-hydrogen) atoms. The molecule has 14 heteroatoms. The second-order valence-electron chi connectivity index (χ2n) is 15.6. The van der Waals surface area contributed by atoms with Crippen molar-refractivity contribution in [3.8, 4) is 0 Å². The third kappa shape index (κ3) is 22.9. The smallest absolute Gasteiger partial charge is 0.407 e. The largest absolute Gasteiger partial charge is 0.460 e. The van der Waals surface area contributed by atoms with Crippen LogP contribution in [0.25, 0.3) is 0 Å². The number of rotatable bonds is 30. The van der Waals surface area contributed by atoms with Crippen molar-refractivity contribution in [2.24, 2.45) is 0 Å². The molecule has 0 aliphatic carbocycles. The highest BCUT2D eigenvalue weighted by molar-refractivity contribution is 9.10. The zero-order valence-electron chi connectivity index (χ0n) is 36.8. The minimum atomic E-state index is -0.825. The highest BCUT2D eigenvalue weighted by Gasteiger charge is 2.28. The fourth-order valence-corrected chi connectivity index (χ4v) is 6.25. The van der Waals surface area contributed by atoms with E-state index >= 15 is 0 Å². The van der Waals surface area contributed by atoms with Crippen LogP contribution in [-0.4, -0.2) is 105 Å². The number of halogens is 1. The van der Waals surface area contributed by atoms with Gasteiger partial charge >= 0.3 is 18.2 Å². The van der Waals surface area contributed by atoms with E-state index in [2.05, 4.69) is 31.5 Å². The van der Waals surface area contributed by atoms with Crippen molar-refractivity contribution in [2.45, 2.75) is 82.7 Å². The van der Waals surface area contributed by atoms with E-state index in [0.717, 1.165) is 22.3 Å². The summed E-state index contributed by atoms with van der Waals surface area (Å²) in [4.78, 5) is 40.7. The number of nitrogens with zero attached hydrogens (tertiary/aromatic N) is 1. The summed E-state index contributed by atoms with van der Waals surface area (Å²) >= 11 is 3.38. The maximum absolute atomic E-state index is 13.0. The average Bonchev–Trinajstić information content (AvgIpc) is 3.27. The Hall–Kier alpha value is -4.83. The molecule has 0 aliphatic rings. The van der Waals surface area contributed by atoms with Crippen LogP contribution in [-0.2, 0) is 64.4 Å². The molecule has 0 saturated carbocycles. The van der Waals surface area contributed by atoms with Gasteiger partial charge in [-0.25, -0.2) is 9.59 Å². The van der Waals surface area contributed by atoms with Gasteiger partial charge in [-0.15, -0.1) is 0 Å². The van der Waals surface area contributed by atoms with Crippen LogP contribution in [0.1, 0.15) is 55.9 Å². The first-order valence-corrected chi connectivity index (χ1v) is 22.3. The molecule has 0 bridgehead atoms. The van der Waals surface area contributed by atoms with Crippen molar-refractivity contribution in [3.63, 3.8) is 0 Å². The molecule has 13 nitrogen and oxygen atoms in total. The van der Waals surface area contributed by atoms with Crippen molar-refractivity contribution < 1.29 is 47.5 Å². The average molecular weight is 935 g/mol. The number of hydrogen-bond donors (Lipinski definition) is 2. The molecule has 0 aromatic heterocycles. The van der Waals surface area contributed by atoms with Gasteiger partial charge in [-0.2, -0.15) is 0 Å². The minimum Gasteiger partial charge on any atom is -0.460 e. The van der Waals surface area contributed by atoms with Crippen LogP contribution in [0, 0.1) is 0 Å². The number of hydrogen-bond acceptors (Lipinski definition) is 11. The van der Waals surface area contributed by atoms with Gasteiger partial charge in [0.25, 0.3) is 0 Å². The molecule has 4 aromatic carbocycles. The highest BCUT2D eigenvalue weighted by atomic mass is 79.9. The maximum atomic E-state index is 13.0. The fourth-order valence-electron chi connectivity index (χ4n) is 6.15. The van der Waals surface area contributed by atoms with Gasteiger partial charge in [0.1, 0.15) is 10.4 Å². The van der Waals surface area contributed by atoms with Gasteiger partial charge in [0.2, 0.25) is 0 Å². The molecule has 1 atom stereocenters. The Morgan fingerprint density at radius 3 is 1.16 bits per heavy atom. The molecular formula is C49H64BrN3O10. The summed E-state index contributed by atoms with van der Waals surface area (Å²) < 4.78 is 39.9. The molecule has 2 amide bonds. The molecule has 0 fully saturated rings. The van der Waals surface area contributed by atoms with Crippen molar-refractivity contribution in [1.82, 2.24) is 15.5 Å². The Balaban J connectivity index is 1.23. The highest BCUT2D eigenvalue weighted by Crippen LogP contribution is 2.19. The quantitative estimate of drug-likeness (QED) is 0.0226. The number of carbonyl (C=O) groups excluding carboxylic acids is 3. The first-order chi connectivity index (χ1) is 30.5. The molecule has 0 radical (unpaired) electrons. The zero-order valence-corrected chi connectivity index (χ0v) is 38.4. The summed E-state index contributed by atoms with van der Waals surface area (Å²) in [5, 5.41) is 5.71. The Morgan fingerprint density at radius 2 is 0.857 bits per heavy atom. The van der Waals surface area contributed by atoms with E-state index in [9.17, 15) is 14.4 Å². The maximum Gasteiger partial charge on any atom is 0.407 e. The standard InChI is InChI=1S/C49H64BrN3O10/c1-39(61-46(54)49(2,3)50)30-53(28-16-26-51-47(55)62-44(35-57-31-40-18-8-4-9-19-40)36-58-32-41-20-10-5-11-21-41)29-17-27-52-48(56)63-45(37-59-33-42-22-12-6-13-23-42)38-60-34-43-24-14-7-15-25-43/h4-15,18-25,39,44-45H,16-17,26-38H2,1-3H3,(H,51,55)(H,52,56). The third-order valence-electron chi connectivity index (χ3n) is 9.36. The molecule has 0 aliphatic heterocycles. The van der Waals surface area contributed by atoms with Gasteiger partial charge in [-0.05, 0) is 69.0 Å². The molecule has 0 heterocycles. The lowest BCUT2D eigenvalue weighted by Crippen LogP contribution is -2.40. The fraction of sp³-hybridized carbons (Fsp3) is 0.449. The number of benzene rings is 4. The Morgan fingerprint density at radius 1 is 0.540 bits per heavy atom. The van der Waals surface area contributed by atoms with Gasteiger partial charge < -0.3 is 43.8 Å². The minimum absolute atomic E-state index is 0.166. The molecule has 2 N–H and O–H groups in total. The van der Waals surface area contributed by atoms with Crippen molar-refractivity contribution in [2.75, 3.05) is 59.2 Å². The first-order valence-electron chi connectivity index (χ1n) is 21.5. The van der Waals surface area contributed by atoms with Crippen LogP contribution < -0.4 is 10.6 Å². The van der Waals surface area contributed by atoms with E-state index in [1.54, 1.807) is 13.8 Å². The normalized spacial score (nSPS) is 12.0. The number of ether oxygens (including phenoxy) is 7. The zero-order chi connectivity index (χ0) is 45.0. The number of alkyl carbamates (subject to hydrolysis) is 2. The summed E-state index contributed by atoms with van der Waals surface area (Å²) in [6, 6.07) is 39.1. The summed E-state index contributed by atoms with van der Waals surface area (Å²) in [7, 11) is 0. The molecule has 0 saturated heterocycles. The first kappa shape index (κ1) is 50.8. The molecule has 4 rings (SSSR count). The van der Waals surface area contributed by atoms with E-state index in [-0.39, 0.29) is 32.4 Å².